The minimum Gasteiger partial charge on any atom is -0.496 e. The van der Waals surface area contributed by atoms with Crippen molar-refractivity contribution in [3.63, 3.8) is 0 Å². The molecule has 3 aromatic carbocycles. The highest BCUT2D eigenvalue weighted by atomic mass is 19.4. The molecule has 0 aliphatic carbocycles. The number of nitrogens with zero attached hydrogens (tertiary/aromatic N) is 1. The lowest BCUT2D eigenvalue weighted by molar-refractivity contribution is -0.138. The van der Waals surface area contributed by atoms with Crippen molar-refractivity contribution in [2.75, 3.05) is 7.11 Å². The fourth-order valence-electron chi connectivity index (χ4n) is 4.39. The first-order chi connectivity index (χ1) is 17.4. The largest absolute Gasteiger partial charge is 0.496 e. The zero-order valence-corrected chi connectivity index (χ0v) is 19.9. The Balaban J connectivity index is 1.81. The number of carbonyl (C=O) groups is 3. The molecule has 0 radical (unpaired) electrons. The molecule has 10 heteroatoms. The number of urea groups is 1. The molecule has 4 rings (SSSR count). The lowest BCUT2D eigenvalue weighted by Crippen LogP contribution is -2.40. The first-order valence-corrected chi connectivity index (χ1v) is 11.2. The summed E-state index contributed by atoms with van der Waals surface area (Å²) in [6.45, 7) is 1.09. The molecule has 1 unspecified atom stereocenters. The molecule has 7 nitrogen and oxygen atoms in total. The standard InChI is InChI=1S/C27H23F3N2O5/c1-26(18-6-4-3-5-7-18)24(35)32(25(36)31-26)15-17-14-19(27(28,29)30)9-10-20(17)21-12-16(13-23(33)34)8-11-22(21)37-2/h3-12,14H,13,15H2,1-2H3,(H,31,36)(H,33,34). The molecular weight excluding hydrogens is 489 g/mol. The van der Waals surface area contributed by atoms with E-state index in [1.54, 1.807) is 36.4 Å². The van der Waals surface area contributed by atoms with Gasteiger partial charge in [0.15, 0.2) is 0 Å². The second-order valence-corrected chi connectivity index (χ2v) is 8.79. The third-order valence-corrected chi connectivity index (χ3v) is 6.30. The summed E-state index contributed by atoms with van der Waals surface area (Å²) in [4.78, 5) is 38.4. The second-order valence-electron chi connectivity index (χ2n) is 8.79. The Hall–Kier alpha value is -4.34. The topological polar surface area (TPSA) is 95.9 Å². The number of rotatable bonds is 7. The van der Waals surface area contributed by atoms with Crippen LogP contribution in [0.5, 0.6) is 5.75 Å². The van der Waals surface area contributed by atoms with Gasteiger partial charge in [-0.15, -0.1) is 0 Å². The summed E-state index contributed by atoms with van der Waals surface area (Å²) in [6.07, 6.45) is -4.98. The number of hydrogen-bond donors (Lipinski definition) is 2. The summed E-state index contributed by atoms with van der Waals surface area (Å²) < 4.78 is 46.2. The number of nitrogens with one attached hydrogen (secondary N) is 1. The number of benzene rings is 3. The van der Waals surface area contributed by atoms with Gasteiger partial charge in [-0.05, 0) is 53.4 Å². The molecule has 0 saturated carbocycles. The van der Waals surface area contributed by atoms with E-state index in [0.29, 0.717) is 22.4 Å². The van der Waals surface area contributed by atoms with E-state index in [9.17, 15) is 32.7 Å². The Morgan fingerprint density at radius 2 is 1.73 bits per heavy atom. The quantitative estimate of drug-likeness (QED) is 0.436. The van der Waals surface area contributed by atoms with Crippen LogP contribution < -0.4 is 10.1 Å². The number of carboxylic acid groups (broad SMARTS) is 1. The number of ether oxygens (including phenoxy) is 1. The lowest BCUT2D eigenvalue weighted by atomic mass is 9.91. The van der Waals surface area contributed by atoms with Crippen LogP contribution >= 0.6 is 0 Å². The van der Waals surface area contributed by atoms with Crippen molar-refractivity contribution in [1.82, 2.24) is 10.2 Å². The van der Waals surface area contributed by atoms with E-state index >= 15 is 0 Å². The van der Waals surface area contributed by atoms with Crippen LogP contribution in [0.3, 0.4) is 0 Å². The number of amides is 3. The molecule has 3 amide bonds. The number of aliphatic carboxylic acids is 1. The van der Waals surface area contributed by atoms with Crippen molar-refractivity contribution >= 4 is 17.9 Å². The molecule has 0 bridgehead atoms. The van der Waals surface area contributed by atoms with Crippen molar-refractivity contribution in [2.45, 2.75) is 31.6 Å². The minimum atomic E-state index is -4.67. The summed E-state index contributed by atoms with van der Waals surface area (Å²) in [5, 5.41) is 11.8. The minimum absolute atomic E-state index is 0.0430. The van der Waals surface area contributed by atoms with Crippen molar-refractivity contribution in [2.24, 2.45) is 0 Å². The Morgan fingerprint density at radius 3 is 2.35 bits per heavy atom. The maximum absolute atomic E-state index is 13.6. The summed E-state index contributed by atoms with van der Waals surface area (Å²) in [5.74, 6) is -1.40. The molecule has 1 heterocycles. The van der Waals surface area contributed by atoms with Gasteiger partial charge in [0.2, 0.25) is 0 Å². The highest BCUT2D eigenvalue weighted by Crippen LogP contribution is 2.39. The fraction of sp³-hybridized carbons (Fsp3) is 0.222. The number of imide groups is 1. The molecule has 0 spiro atoms. The molecule has 1 aliphatic heterocycles. The zero-order chi connectivity index (χ0) is 27.0. The number of carboxylic acids is 1. The van der Waals surface area contributed by atoms with Crippen LogP contribution in [0.2, 0.25) is 0 Å². The van der Waals surface area contributed by atoms with Gasteiger partial charge in [0.25, 0.3) is 5.91 Å². The summed E-state index contributed by atoms with van der Waals surface area (Å²) in [5.41, 5.74) is -0.761. The maximum Gasteiger partial charge on any atom is 0.416 e. The van der Waals surface area contributed by atoms with E-state index in [1.165, 1.54) is 32.2 Å². The number of halogens is 3. The highest BCUT2D eigenvalue weighted by molar-refractivity contribution is 6.07. The first kappa shape index (κ1) is 25.7. The molecule has 1 aliphatic rings. The van der Waals surface area contributed by atoms with Crippen LogP contribution in [0, 0.1) is 0 Å². The summed E-state index contributed by atoms with van der Waals surface area (Å²) in [6, 6.07) is 15.4. The highest BCUT2D eigenvalue weighted by Gasteiger charge is 2.49. The van der Waals surface area contributed by atoms with Gasteiger partial charge in [-0.25, -0.2) is 4.79 Å². The van der Waals surface area contributed by atoms with Gasteiger partial charge in [0, 0.05) is 5.56 Å². The fourth-order valence-corrected chi connectivity index (χ4v) is 4.39. The van der Waals surface area contributed by atoms with Gasteiger partial charge in [-0.2, -0.15) is 13.2 Å². The van der Waals surface area contributed by atoms with E-state index in [4.69, 9.17) is 4.74 Å². The summed E-state index contributed by atoms with van der Waals surface area (Å²) in [7, 11) is 1.38. The average molecular weight is 512 g/mol. The lowest BCUT2D eigenvalue weighted by Gasteiger charge is -2.23. The van der Waals surface area contributed by atoms with Crippen LogP contribution in [0.4, 0.5) is 18.0 Å². The molecule has 37 heavy (non-hydrogen) atoms. The number of alkyl halides is 3. The van der Waals surface area contributed by atoms with Gasteiger partial charge in [-0.1, -0.05) is 42.5 Å². The molecule has 3 aromatic rings. The normalized spacial score (nSPS) is 17.6. The van der Waals surface area contributed by atoms with Gasteiger partial charge >= 0.3 is 18.2 Å². The van der Waals surface area contributed by atoms with Crippen LogP contribution in [-0.2, 0) is 34.3 Å². The van der Waals surface area contributed by atoms with Crippen LogP contribution in [-0.4, -0.2) is 35.0 Å². The smallest absolute Gasteiger partial charge is 0.416 e. The molecule has 192 valence electrons. The molecule has 2 N–H and O–H groups in total. The van der Waals surface area contributed by atoms with Gasteiger partial charge in [0.05, 0.1) is 25.6 Å². The Kier molecular flexibility index (Phi) is 6.68. The Labute approximate surface area is 210 Å². The van der Waals surface area contributed by atoms with Crippen LogP contribution in [0.1, 0.15) is 29.2 Å². The SMILES string of the molecule is COc1ccc(CC(=O)O)cc1-c1ccc(C(F)(F)F)cc1CN1C(=O)NC(C)(c2ccccc2)C1=O. The predicted molar refractivity (Wildman–Crippen MR) is 128 cm³/mol. The van der Waals surface area contributed by atoms with E-state index in [1.807, 2.05) is 0 Å². The number of methoxy groups -OCH3 is 1. The third kappa shape index (κ3) is 5.00. The summed E-state index contributed by atoms with van der Waals surface area (Å²) >= 11 is 0. The molecule has 1 fully saturated rings. The van der Waals surface area contributed by atoms with Crippen molar-refractivity contribution in [1.29, 1.82) is 0 Å². The molecule has 1 atom stereocenters. The average Bonchev–Trinajstić information content (AvgIpc) is 3.07. The molecular formula is C27H23F3N2O5. The zero-order valence-electron chi connectivity index (χ0n) is 19.9. The van der Waals surface area contributed by atoms with Gasteiger partial charge < -0.3 is 15.2 Å². The van der Waals surface area contributed by atoms with E-state index in [2.05, 4.69) is 5.32 Å². The number of hydrogen-bond acceptors (Lipinski definition) is 4. The van der Waals surface area contributed by atoms with Crippen molar-refractivity contribution in [3.05, 3.63) is 89.0 Å². The number of carbonyl (C=O) groups excluding carboxylic acids is 2. The predicted octanol–water partition coefficient (Wildman–Crippen LogP) is 4.98. The maximum atomic E-state index is 13.6. The van der Waals surface area contributed by atoms with E-state index in [-0.39, 0.29) is 17.5 Å². The van der Waals surface area contributed by atoms with Crippen LogP contribution in [0.25, 0.3) is 11.1 Å². The first-order valence-electron chi connectivity index (χ1n) is 11.2. The van der Waals surface area contributed by atoms with E-state index < -0.39 is 41.7 Å². The second kappa shape index (κ2) is 9.61. The van der Waals surface area contributed by atoms with Crippen molar-refractivity contribution in [3.8, 4) is 16.9 Å². The van der Waals surface area contributed by atoms with Crippen molar-refractivity contribution < 1.29 is 37.4 Å². The Bertz CT molecular complexity index is 1370. The molecule has 1 saturated heterocycles. The van der Waals surface area contributed by atoms with Gasteiger partial charge in [0.1, 0.15) is 11.3 Å². The van der Waals surface area contributed by atoms with Gasteiger partial charge in [-0.3, -0.25) is 14.5 Å². The monoisotopic (exact) mass is 512 g/mol. The van der Waals surface area contributed by atoms with E-state index in [0.717, 1.165) is 17.0 Å². The third-order valence-electron chi connectivity index (χ3n) is 6.30. The molecule has 0 aromatic heterocycles. The van der Waals surface area contributed by atoms with Crippen LogP contribution in [0.15, 0.2) is 66.7 Å². The Morgan fingerprint density at radius 1 is 1.03 bits per heavy atom.